The second kappa shape index (κ2) is 13.0. The summed E-state index contributed by atoms with van der Waals surface area (Å²) in [6, 6.07) is 47.1. The van der Waals surface area contributed by atoms with Crippen LogP contribution in [0.4, 0.5) is 4.79 Å². The number of amides is 1. The third kappa shape index (κ3) is 5.79. The zero-order valence-electron chi connectivity index (χ0n) is 23.5. The van der Waals surface area contributed by atoms with E-state index in [0.717, 1.165) is 38.9 Å². The summed E-state index contributed by atoms with van der Waals surface area (Å²) in [5.41, 5.74) is 7.79. The normalized spacial score (nSPS) is 12.9. The van der Waals surface area contributed by atoms with Crippen molar-refractivity contribution in [3.63, 3.8) is 0 Å². The maximum atomic E-state index is 13.1. The van der Waals surface area contributed by atoms with Crippen LogP contribution in [0, 0.1) is 0 Å². The predicted octanol–water partition coefficient (Wildman–Crippen LogP) is 7.75. The SMILES string of the molecule is O=CO[C@H](CSC(c1ccccc1)(c1ccccc1)c1ccccc1)NC(=O)OCC1c2ccccc2-c2ccccc21. The molecular formula is C37H31NO4S. The fourth-order valence-corrected chi connectivity index (χ4v) is 7.39. The summed E-state index contributed by atoms with van der Waals surface area (Å²) in [6.45, 7) is 0.535. The van der Waals surface area contributed by atoms with Gasteiger partial charge < -0.3 is 9.47 Å². The Kier molecular flexibility index (Phi) is 8.57. The quantitative estimate of drug-likeness (QED) is 0.0976. The van der Waals surface area contributed by atoms with Gasteiger partial charge in [0.05, 0.1) is 10.5 Å². The molecule has 5 aromatic rings. The average molecular weight is 586 g/mol. The number of carbonyl (C=O) groups excluding carboxylic acids is 2. The molecule has 0 saturated heterocycles. The first kappa shape index (κ1) is 28.3. The summed E-state index contributed by atoms with van der Waals surface area (Å²) in [4.78, 5) is 24.7. The zero-order chi connectivity index (χ0) is 29.5. The van der Waals surface area contributed by atoms with Gasteiger partial charge in [-0.3, -0.25) is 10.1 Å². The topological polar surface area (TPSA) is 64.6 Å². The molecular weight excluding hydrogens is 554 g/mol. The van der Waals surface area contributed by atoms with Gasteiger partial charge in [0.2, 0.25) is 0 Å². The molecule has 0 spiro atoms. The van der Waals surface area contributed by atoms with E-state index in [4.69, 9.17) is 9.47 Å². The van der Waals surface area contributed by atoms with Crippen molar-refractivity contribution >= 4 is 24.3 Å². The first-order chi connectivity index (χ1) is 21.2. The Morgan fingerprint density at radius 2 is 1.14 bits per heavy atom. The molecule has 0 saturated carbocycles. The molecule has 5 aromatic carbocycles. The second-order valence-corrected chi connectivity index (χ2v) is 11.5. The van der Waals surface area contributed by atoms with Crippen LogP contribution < -0.4 is 5.32 Å². The molecule has 214 valence electrons. The lowest BCUT2D eigenvalue weighted by Crippen LogP contribution is -2.41. The van der Waals surface area contributed by atoms with Gasteiger partial charge in [-0.05, 0) is 38.9 Å². The molecule has 6 heteroatoms. The van der Waals surface area contributed by atoms with Crippen molar-refractivity contribution in [1.29, 1.82) is 0 Å². The zero-order valence-corrected chi connectivity index (χ0v) is 24.3. The Bertz CT molecular complexity index is 1540. The lowest BCUT2D eigenvalue weighted by Gasteiger charge is -2.36. The largest absolute Gasteiger partial charge is 0.448 e. The summed E-state index contributed by atoms with van der Waals surface area (Å²) in [5, 5.41) is 2.78. The number of hydrogen-bond donors (Lipinski definition) is 1. The molecule has 6 rings (SSSR count). The first-order valence-electron chi connectivity index (χ1n) is 14.2. The van der Waals surface area contributed by atoms with Crippen molar-refractivity contribution in [2.75, 3.05) is 12.4 Å². The maximum absolute atomic E-state index is 13.1. The monoisotopic (exact) mass is 585 g/mol. The molecule has 5 nitrogen and oxygen atoms in total. The molecule has 1 aliphatic rings. The van der Waals surface area contributed by atoms with Gasteiger partial charge in [-0.1, -0.05) is 140 Å². The summed E-state index contributed by atoms with van der Waals surface area (Å²) in [7, 11) is 0. The number of benzene rings is 5. The third-order valence-corrected chi connectivity index (χ3v) is 9.44. The second-order valence-electron chi connectivity index (χ2n) is 10.3. The highest BCUT2D eigenvalue weighted by Gasteiger charge is 2.38. The van der Waals surface area contributed by atoms with E-state index in [0.29, 0.717) is 6.47 Å². The summed E-state index contributed by atoms with van der Waals surface area (Å²) >= 11 is 1.59. The first-order valence-corrected chi connectivity index (χ1v) is 15.2. The minimum absolute atomic E-state index is 0.0696. The Morgan fingerprint density at radius 3 is 1.60 bits per heavy atom. The summed E-state index contributed by atoms with van der Waals surface area (Å²) < 4.78 is 10.5. The van der Waals surface area contributed by atoms with Crippen LogP contribution >= 0.6 is 11.8 Å². The van der Waals surface area contributed by atoms with Crippen LogP contribution in [0.3, 0.4) is 0 Å². The highest BCUT2D eigenvalue weighted by Crippen LogP contribution is 2.49. The molecule has 0 fully saturated rings. The van der Waals surface area contributed by atoms with Crippen LogP contribution in [0.2, 0.25) is 0 Å². The van der Waals surface area contributed by atoms with Crippen LogP contribution in [0.25, 0.3) is 11.1 Å². The van der Waals surface area contributed by atoms with E-state index in [-0.39, 0.29) is 18.3 Å². The molecule has 0 bridgehead atoms. The number of carbonyl (C=O) groups is 2. The van der Waals surface area contributed by atoms with Gasteiger partial charge in [0.25, 0.3) is 6.47 Å². The Labute approximate surface area is 255 Å². The van der Waals surface area contributed by atoms with Gasteiger partial charge in [0.1, 0.15) is 6.61 Å². The number of ether oxygens (including phenoxy) is 2. The Morgan fingerprint density at radius 1 is 0.698 bits per heavy atom. The smallest absolute Gasteiger partial charge is 0.410 e. The van der Waals surface area contributed by atoms with E-state index >= 15 is 0 Å². The molecule has 1 atom stereocenters. The van der Waals surface area contributed by atoms with Gasteiger partial charge in [0.15, 0.2) is 6.23 Å². The van der Waals surface area contributed by atoms with E-state index in [2.05, 4.69) is 66.0 Å². The highest BCUT2D eigenvalue weighted by atomic mass is 32.2. The van der Waals surface area contributed by atoms with Crippen LogP contribution in [-0.2, 0) is 19.0 Å². The summed E-state index contributed by atoms with van der Waals surface area (Å²) in [6.07, 6.45) is -1.55. The molecule has 0 heterocycles. The molecule has 0 radical (unpaired) electrons. The van der Waals surface area contributed by atoms with E-state index in [1.807, 2.05) is 78.9 Å². The lowest BCUT2D eigenvalue weighted by atomic mass is 9.84. The van der Waals surface area contributed by atoms with Gasteiger partial charge in [0, 0.05) is 5.92 Å². The molecule has 1 aliphatic carbocycles. The molecule has 0 unspecified atom stereocenters. The Balaban J connectivity index is 1.22. The fourth-order valence-electron chi connectivity index (χ4n) is 5.92. The number of alkyl carbamates (subject to hydrolysis) is 1. The standard InChI is InChI=1S/C37H31NO4S/c39-26-42-35(38-36(40)41-24-34-32-22-12-10-20-30(32)31-21-11-13-23-33(31)34)25-43-37(27-14-4-1-5-15-27,28-16-6-2-7-17-28)29-18-8-3-9-19-29/h1-23,26,34-35H,24-25H2,(H,38,40)/t35-/m1/s1. The average Bonchev–Trinajstić information content (AvgIpc) is 3.39. The van der Waals surface area contributed by atoms with E-state index in [9.17, 15) is 9.59 Å². The van der Waals surface area contributed by atoms with Crippen molar-refractivity contribution in [3.05, 3.63) is 167 Å². The van der Waals surface area contributed by atoms with Gasteiger partial charge in [-0.2, -0.15) is 0 Å². The molecule has 43 heavy (non-hydrogen) atoms. The number of hydrogen-bond acceptors (Lipinski definition) is 5. The van der Waals surface area contributed by atoms with Crippen molar-refractivity contribution in [2.24, 2.45) is 0 Å². The van der Waals surface area contributed by atoms with Crippen molar-refractivity contribution in [2.45, 2.75) is 16.9 Å². The van der Waals surface area contributed by atoms with Gasteiger partial charge >= 0.3 is 6.09 Å². The van der Waals surface area contributed by atoms with Crippen LogP contribution in [0.1, 0.15) is 33.7 Å². The molecule has 0 aliphatic heterocycles. The van der Waals surface area contributed by atoms with Crippen molar-refractivity contribution in [3.8, 4) is 11.1 Å². The van der Waals surface area contributed by atoms with Crippen molar-refractivity contribution in [1.82, 2.24) is 5.32 Å². The highest BCUT2D eigenvalue weighted by molar-refractivity contribution is 8.00. The maximum Gasteiger partial charge on any atom is 0.410 e. The fraction of sp³-hybridized carbons (Fsp3) is 0.135. The number of thioether (sulfide) groups is 1. The number of rotatable bonds is 11. The van der Waals surface area contributed by atoms with E-state index in [1.54, 1.807) is 11.8 Å². The van der Waals surface area contributed by atoms with Crippen LogP contribution in [0.5, 0.6) is 0 Å². The third-order valence-electron chi connectivity index (χ3n) is 7.83. The lowest BCUT2D eigenvalue weighted by molar-refractivity contribution is -0.133. The summed E-state index contributed by atoms with van der Waals surface area (Å²) in [5.74, 6) is 0.210. The minimum Gasteiger partial charge on any atom is -0.448 e. The predicted molar refractivity (Wildman–Crippen MR) is 171 cm³/mol. The number of fused-ring (bicyclic) bond motifs is 3. The molecule has 0 aromatic heterocycles. The van der Waals surface area contributed by atoms with Crippen LogP contribution in [-0.4, -0.2) is 31.2 Å². The van der Waals surface area contributed by atoms with E-state index < -0.39 is 17.1 Å². The minimum atomic E-state index is -0.909. The van der Waals surface area contributed by atoms with E-state index in [1.165, 1.54) is 0 Å². The van der Waals surface area contributed by atoms with Crippen molar-refractivity contribution < 1.29 is 19.1 Å². The van der Waals surface area contributed by atoms with Gasteiger partial charge in [-0.25, -0.2) is 4.79 Å². The molecule has 1 N–H and O–H groups in total. The number of nitrogens with one attached hydrogen (secondary N) is 1. The Hall–Kier alpha value is -4.81. The van der Waals surface area contributed by atoms with Crippen LogP contribution in [0.15, 0.2) is 140 Å². The molecule has 1 amide bonds. The van der Waals surface area contributed by atoms with Gasteiger partial charge in [-0.15, -0.1) is 11.8 Å².